The average molecular weight is 320 g/mol. The SMILES string of the molecule is Oc1cccc2/c1=c1/cccc/c1=c1\cccc\c1=c1/cccc/c1=2. The summed E-state index contributed by atoms with van der Waals surface area (Å²) in [6, 6.07) is 31.0. The Hall–Kier alpha value is -3.32. The van der Waals surface area contributed by atoms with Gasteiger partial charge in [-0.3, -0.25) is 0 Å². The summed E-state index contributed by atoms with van der Waals surface area (Å²) < 4.78 is 0. The largest absolute Gasteiger partial charge is 0.507 e. The molecule has 0 aromatic heterocycles. The summed E-state index contributed by atoms with van der Waals surface area (Å²) in [6.45, 7) is 0. The highest BCUT2D eigenvalue weighted by Crippen LogP contribution is 2.18. The Morgan fingerprint density at radius 1 is 0.360 bits per heavy atom. The second-order valence-corrected chi connectivity index (χ2v) is 6.34. The smallest absolute Gasteiger partial charge is 0.124 e. The number of fused-ring (bicyclic) bond motifs is 4. The number of hydrogen-bond acceptors (Lipinski definition) is 1. The highest BCUT2D eigenvalue weighted by molar-refractivity contribution is 5.34. The zero-order valence-electron chi connectivity index (χ0n) is 13.6. The van der Waals surface area contributed by atoms with Crippen molar-refractivity contribution >= 4 is 0 Å². The Balaban J connectivity index is 2.49. The monoisotopic (exact) mass is 320 g/mol. The molecule has 25 heavy (non-hydrogen) atoms. The molecule has 5 rings (SSSR count). The van der Waals surface area contributed by atoms with Gasteiger partial charge in [0.25, 0.3) is 0 Å². The topological polar surface area (TPSA) is 20.2 Å². The van der Waals surface area contributed by atoms with E-state index in [1.165, 1.54) is 15.7 Å². The van der Waals surface area contributed by atoms with Gasteiger partial charge in [0.15, 0.2) is 0 Å². The van der Waals surface area contributed by atoms with Gasteiger partial charge < -0.3 is 5.11 Å². The minimum atomic E-state index is 0.319. The first-order valence-electron chi connectivity index (χ1n) is 8.45. The second-order valence-electron chi connectivity index (χ2n) is 6.34. The van der Waals surface area contributed by atoms with Crippen LogP contribution in [0.4, 0.5) is 0 Å². The van der Waals surface area contributed by atoms with Crippen LogP contribution in [0, 0.1) is 41.7 Å². The van der Waals surface area contributed by atoms with Gasteiger partial charge >= 0.3 is 0 Å². The van der Waals surface area contributed by atoms with Crippen LogP contribution in [-0.2, 0) is 0 Å². The Morgan fingerprint density at radius 2 is 0.720 bits per heavy atom. The zero-order chi connectivity index (χ0) is 16.8. The molecule has 118 valence electrons. The molecule has 1 aliphatic carbocycles. The van der Waals surface area contributed by atoms with Crippen LogP contribution in [0.25, 0.3) is 0 Å². The molecule has 0 spiro atoms. The lowest BCUT2D eigenvalue weighted by atomic mass is 10.0. The molecular formula is C24H16O. The van der Waals surface area contributed by atoms with Gasteiger partial charge in [-0.15, -0.1) is 0 Å². The molecule has 0 aliphatic heterocycles. The molecule has 1 nitrogen and oxygen atoms in total. The molecule has 0 atom stereocenters. The normalized spacial score (nSPS) is 17.1. The number of phenols is 1. The molecule has 0 fully saturated rings. The van der Waals surface area contributed by atoms with Crippen molar-refractivity contribution in [3.05, 3.63) is 133 Å². The third kappa shape index (κ3) is 2.03. The fourth-order valence-corrected chi connectivity index (χ4v) is 3.89. The molecular weight excluding hydrogens is 304 g/mol. The predicted molar refractivity (Wildman–Crippen MR) is 98.1 cm³/mol. The first-order valence-corrected chi connectivity index (χ1v) is 8.45. The van der Waals surface area contributed by atoms with E-state index in [2.05, 4.69) is 72.8 Å². The lowest BCUT2D eigenvalue weighted by Gasteiger charge is -2.03. The average Bonchev–Trinajstić information content (AvgIpc) is 2.67. The van der Waals surface area contributed by atoms with Gasteiger partial charge in [0, 0.05) is 5.22 Å². The quantitative estimate of drug-likeness (QED) is 0.432. The molecule has 4 aromatic carbocycles. The van der Waals surface area contributed by atoms with Crippen molar-refractivity contribution in [3.8, 4) is 5.75 Å². The highest BCUT2D eigenvalue weighted by Gasteiger charge is 2.02. The first-order chi connectivity index (χ1) is 12.3. The van der Waals surface area contributed by atoms with Gasteiger partial charge in [-0.05, 0) is 42.6 Å². The highest BCUT2D eigenvalue weighted by atomic mass is 16.3. The number of aromatic hydroxyl groups is 1. The van der Waals surface area contributed by atoms with Crippen LogP contribution in [0.15, 0.2) is 91.0 Å². The molecule has 1 N–H and O–H groups in total. The minimum Gasteiger partial charge on any atom is -0.507 e. The van der Waals surface area contributed by atoms with E-state index >= 15 is 0 Å². The summed E-state index contributed by atoms with van der Waals surface area (Å²) in [5.41, 5.74) is 0. The zero-order valence-corrected chi connectivity index (χ0v) is 13.6. The van der Waals surface area contributed by atoms with E-state index in [1.807, 2.05) is 12.1 Å². The first kappa shape index (κ1) is 14.1. The van der Waals surface area contributed by atoms with E-state index in [9.17, 15) is 5.11 Å². The lowest BCUT2D eigenvalue weighted by Crippen LogP contribution is -1.89. The number of phenolic OH excluding ortho intramolecular Hbond substituents is 1. The van der Waals surface area contributed by atoms with Crippen molar-refractivity contribution in [2.24, 2.45) is 0 Å². The van der Waals surface area contributed by atoms with E-state index in [-0.39, 0.29) is 0 Å². The second kappa shape index (κ2) is 5.35. The molecule has 4 aromatic rings. The minimum absolute atomic E-state index is 0.319. The molecule has 0 heterocycles. The van der Waals surface area contributed by atoms with Crippen LogP contribution in [-0.4, -0.2) is 5.11 Å². The van der Waals surface area contributed by atoms with Crippen LogP contribution < -0.4 is 0 Å². The van der Waals surface area contributed by atoms with Crippen molar-refractivity contribution in [1.82, 2.24) is 0 Å². The Bertz CT molecular complexity index is 1500. The molecule has 1 heteroatoms. The van der Waals surface area contributed by atoms with Crippen molar-refractivity contribution in [2.45, 2.75) is 0 Å². The van der Waals surface area contributed by atoms with Crippen molar-refractivity contribution in [1.29, 1.82) is 0 Å². The maximum Gasteiger partial charge on any atom is 0.124 e. The summed E-state index contributed by atoms with van der Waals surface area (Å²) in [4.78, 5) is 0. The number of hydrogen-bond donors (Lipinski definition) is 1. The Labute approximate surface area is 144 Å². The van der Waals surface area contributed by atoms with E-state index in [0.29, 0.717) is 5.75 Å². The molecule has 0 unspecified atom stereocenters. The van der Waals surface area contributed by atoms with Gasteiger partial charge in [0.2, 0.25) is 0 Å². The number of benzene rings is 4. The van der Waals surface area contributed by atoms with Gasteiger partial charge in [-0.2, -0.15) is 0 Å². The molecule has 0 amide bonds. The summed E-state index contributed by atoms with van der Waals surface area (Å²) in [5, 5.41) is 19.6. The third-order valence-corrected chi connectivity index (χ3v) is 4.96. The van der Waals surface area contributed by atoms with Crippen LogP contribution in [0.2, 0.25) is 0 Å². The van der Waals surface area contributed by atoms with Crippen LogP contribution in [0.5, 0.6) is 5.75 Å². The lowest BCUT2D eigenvalue weighted by molar-refractivity contribution is 0.471. The Kier molecular flexibility index (Phi) is 3.01. The van der Waals surface area contributed by atoms with Gasteiger partial charge in [-0.25, -0.2) is 0 Å². The predicted octanol–water partition coefficient (Wildman–Crippen LogP) is 4.85. The molecule has 1 aliphatic rings. The number of rotatable bonds is 0. The maximum atomic E-state index is 10.7. The third-order valence-electron chi connectivity index (χ3n) is 4.96. The van der Waals surface area contributed by atoms with E-state index < -0.39 is 0 Å². The summed E-state index contributed by atoms with van der Waals surface area (Å²) in [6.07, 6.45) is 0. The molecule has 0 radical (unpaired) electrons. The van der Waals surface area contributed by atoms with Crippen LogP contribution >= 0.6 is 0 Å². The van der Waals surface area contributed by atoms with Gasteiger partial charge in [0.05, 0.1) is 0 Å². The van der Waals surface area contributed by atoms with Gasteiger partial charge in [0.1, 0.15) is 5.75 Å². The van der Waals surface area contributed by atoms with Crippen LogP contribution in [0.3, 0.4) is 0 Å². The Morgan fingerprint density at radius 3 is 1.24 bits per heavy atom. The van der Waals surface area contributed by atoms with Crippen molar-refractivity contribution in [2.75, 3.05) is 0 Å². The summed E-state index contributed by atoms with van der Waals surface area (Å²) >= 11 is 0. The summed E-state index contributed by atoms with van der Waals surface area (Å²) in [5.74, 6) is 0.319. The van der Waals surface area contributed by atoms with Gasteiger partial charge in [-0.1, -0.05) is 84.9 Å². The van der Waals surface area contributed by atoms with E-state index in [1.54, 1.807) is 6.07 Å². The van der Waals surface area contributed by atoms with Crippen molar-refractivity contribution in [3.63, 3.8) is 0 Å². The van der Waals surface area contributed by atoms with Crippen LogP contribution in [0.1, 0.15) is 0 Å². The van der Waals surface area contributed by atoms with E-state index in [4.69, 9.17) is 0 Å². The molecule has 0 saturated heterocycles. The molecule has 0 bridgehead atoms. The fraction of sp³-hybridized carbons (Fsp3) is 0. The van der Waals surface area contributed by atoms with Crippen molar-refractivity contribution < 1.29 is 5.11 Å². The van der Waals surface area contributed by atoms with E-state index in [0.717, 1.165) is 26.1 Å². The summed E-state index contributed by atoms with van der Waals surface area (Å²) in [7, 11) is 0. The standard InChI is InChI=1S/C24H16O/c25-23-15-7-14-22-20-11-4-3-10-18(20)16-8-1-2-9-17(16)19-12-5-6-13-21(19)24(22)23/h1-15,25H/b18-16-,19-17-,22-20-,24-21+. The fourth-order valence-electron chi connectivity index (χ4n) is 3.89. The molecule has 0 saturated carbocycles. The maximum absolute atomic E-state index is 10.7.